The lowest BCUT2D eigenvalue weighted by Crippen LogP contribution is -2.03. The molecule has 1 aromatic carbocycles. The number of nitrogens with one attached hydrogen (secondary N) is 1. The molecule has 74 valence electrons. The number of H-pyrrole nitrogens is 1. The van der Waals surface area contributed by atoms with Crippen LogP contribution in [0.4, 0.5) is 0 Å². The van der Waals surface area contributed by atoms with Crippen LogP contribution in [-0.4, -0.2) is 10.1 Å². The molecule has 14 heavy (non-hydrogen) atoms. The summed E-state index contributed by atoms with van der Waals surface area (Å²) in [7, 11) is 0. The molecule has 3 heteroatoms. The van der Waals surface area contributed by atoms with Crippen molar-refractivity contribution in [2.45, 2.75) is 13.8 Å². The lowest BCUT2D eigenvalue weighted by molar-refractivity contribution is 0.481. The first-order chi connectivity index (χ1) is 6.79. The molecule has 0 aliphatic rings. The van der Waals surface area contributed by atoms with E-state index in [9.17, 15) is 9.90 Å². The van der Waals surface area contributed by atoms with Crippen LogP contribution in [0.3, 0.4) is 0 Å². The smallest absolute Gasteiger partial charge is 0.255 e. The molecule has 0 radical (unpaired) electrons. The van der Waals surface area contributed by atoms with Crippen LogP contribution in [0.15, 0.2) is 35.3 Å². The summed E-state index contributed by atoms with van der Waals surface area (Å²) in [4.78, 5) is 13.7. The molecule has 0 unspecified atom stereocenters. The van der Waals surface area contributed by atoms with Crippen LogP contribution in [0, 0.1) is 0 Å². The fourth-order valence-corrected chi connectivity index (χ4v) is 1.20. The van der Waals surface area contributed by atoms with Gasteiger partial charge in [-0.25, -0.2) is 0 Å². The zero-order chi connectivity index (χ0) is 10.6. The number of benzene rings is 1. The zero-order valence-corrected chi connectivity index (χ0v) is 8.24. The molecule has 1 aromatic heterocycles. The van der Waals surface area contributed by atoms with Crippen LogP contribution in [0.1, 0.15) is 13.8 Å². The van der Waals surface area contributed by atoms with Gasteiger partial charge in [-0.05, 0) is 18.2 Å². The minimum Gasteiger partial charge on any atom is -0.507 e. The summed E-state index contributed by atoms with van der Waals surface area (Å²) >= 11 is 0. The number of fused-ring (bicyclic) bond motifs is 1. The number of pyridine rings is 1. The van der Waals surface area contributed by atoms with Crippen molar-refractivity contribution in [3.8, 4) is 5.75 Å². The first kappa shape index (κ1) is 10.3. The van der Waals surface area contributed by atoms with Crippen LogP contribution in [0.5, 0.6) is 5.75 Å². The van der Waals surface area contributed by atoms with Gasteiger partial charge in [0.1, 0.15) is 5.75 Å². The number of phenols is 1. The summed E-state index contributed by atoms with van der Waals surface area (Å²) < 4.78 is 0. The van der Waals surface area contributed by atoms with E-state index in [1.807, 2.05) is 13.8 Å². The third-order valence-corrected chi connectivity index (χ3v) is 1.79. The van der Waals surface area contributed by atoms with E-state index in [2.05, 4.69) is 4.98 Å². The van der Waals surface area contributed by atoms with Crippen LogP contribution in [0.25, 0.3) is 10.8 Å². The Bertz CT molecular complexity index is 474. The van der Waals surface area contributed by atoms with Crippen LogP contribution < -0.4 is 5.56 Å². The van der Waals surface area contributed by atoms with Crippen molar-refractivity contribution < 1.29 is 5.11 Å². The Labute approximate surface area is 82.0 Å². The van der Waals surface area contributed by atoms with Gasteiger partial charge >= 0.3 is 0 Å². The highest BCUT2D eigenvalue weighted by Crippen LogP contribution is 2.20. The molecule has 2 aromatic rings. The van der Waals surface area contributed by atoms with E-state index in [-0.39, 0.29) is 11.3 Å². The largest absolute Gasteiger partial charge is 0.507 e. The minimum atomic E-state index is -0.177. The van der Waals surface area contributed by atoms with Gasteiger partial charge in [-0.15, -0.1) is 0 Å². The van der Waals surface area contributed by atoms with E-state index in [0.717, 1.165) is 0 Å². The molecule has 0 atom stereocenters. The van der Waals surface area contributed by atoms with E-state index in [1.54, 1.807) is 24.3 Å². The van der Waals surface area contributed by atoms with E-state index >= 15 is 0 Å². The summed E-state index contributed by atoms with van der Waals surface area (Å²) in [5.74, 6) is 0.138. The maximum absolute atomic E-state index is 11.2. The van der Waals surface area contributed by atoms with Gasteiger partial charge in [-0.3, -0.25) is 4.79 Å². The molecule has 0 saturated heterocycles. The molecule has 1 heterocycles. The number of hydrogen-bond donors (Lipinski definition) is 2. The lowest BCUT2D eigenvalue weighted by Gasteiger charge is -1.97. The molecule has 0 bridgehead atoms. The molecule has 2 rings (SSSR count). The van der Waals surface area contributed by atoms with Crippen LogP contribution in [0.2, 0.25) is 0 Å². The van der Waals surface area contributed by atoms with Gasteiger partial charge in [0, 0.05) is 11.6 Å². The second kappa shape index (κ2) is 4.46. The highest BCUT2D eigenvalue weighted by molar-refractivity contribution is 5.86. The van der Waals surface area contributed by atoms with E-state index < -0.39 is 0 Å². The van der Waals surface area contributed by atoms with E-state index in [1.165, 1.54) is 6.20 Å². The summed E-state index contributed by atoms with van der Waals surface area (Å²) in [6.45, 7) is 4.00. The van der Waals surface area contributed by atoms with Crippen molar-refractivity contribution in [2.75, 3.05) is 0 Å². The number of rotatable bonds is 0. The average Bonchev–Trinajstić information content (AvgIpc) is 2.23. The Hall–Kier alpha value is -1.77. The third-order valence-electron chi connectivity index (χ3n) is 1.79. The van der Waals surface area contributed by atoms with Crippen LogP contribution in [-0.2, 0) is 0 Å². The van der Waals surface area contributed by atoms with Crippen molar-refractivity contribution in [3.05, 3.63) is 40.8 Å². The van der Waals surface area contributed by atoms with Gasteiger partial charge in [0.2, 0.25) is 0 Å². The van der Waals surface area contributed by atoms with Gasteiger partial charge in [0.25, 0.3) is 5.56 Å². The van der Waals surface area contributed by atoms with Crippen molar-refractivity contribution in [2.24, 2.45) is 0 Å². The van der Waals surface area contributed by atoms with Crippen molar-refractivity contribution >= 4 is 10.8 Å². The first-order valence-electron chi connectivity index (χ1n) is 4.58. The Morgan fingerprint density at radius 1 is 1.14 bits per heavy atom. The molecule has 3 nitrogen and oxygen atoms in total. The minimum absolute atomic E-state index is 0.138. The predicted octanol–water partition coefficient (Wildman–Crippen LogP) is 2.26. The highest BCUT2D eigenvalue weighted by Gasteiger charge is 1.99. The van der Waals surface area contributed by atoms with Gasteiger partial charge in [-0.2, -0.15) is 0 Å². The van der Waals surface area contributed by atoms with Crippen molar-refractivity contribution in [1.82, 2.24) is 4.98 Å². The summed E-state index contributed by atoms with van der Waals surface area (Å²) in [6, 6.07) is 6.55. The normalized spacial score (nSPS) is 9.29. The fraction of sp³-hybridized carbons (Fsp3) is 0.182. The van der Waals surface area contributed by atoms with E-state index in [4.69, 9.17) is 0 Å². The highest BCUT2D eigenvalue weighted by atomic mass is 16.3. The number of aromatic amines is 1. The monoisotopic (exact) mass is 191 g/mol. The summed E-state index contributed by atoms with van der Waals surface area (Å²) in [6.07, 6.45) is 1.52. The SMILES string of the molecule is CC.O=c1[nH]ccc2c(O)cccc12. The number of aromatic nitrogens is 1. The molecule has 0 amide bonds. The Kier molecular flexibility index (Phi) is 3.29. The van der Waals surface area contributed by atoms with Crippen molar-refractivity contribution in [3.63, 3.8) is 0 Å². The number of phenolic OH excluding ortho intramolecular Hbond substituents is 1. The molecule has 0 spiro atoms. The van der Waals surface area contributed by atoms with Crippen molar-refractivity contribution in [1.29, 1.82) is 0 Å². The molecule has 0 fully saturated rings. The Morgan fingerprint density at radius 3 is 2.50 bits per heavy atom. The average molecular weight is 191 g/mol. The van der Waals surface area contributed by atoms with Gasteiger partial charge in [0.05, 0.1) is 5.39 Å². The second-order valence-corrected chi connectivity index (χ2v) is 2.55. The van der Waals surface area contributed by atoms with Gasteiger partial charge < -0.3 is 10.1 Å². The quantitative estimate of drug-likeness (QED) is 0.671. The summed E-state index contributed by atoms with van der Waals surface area (Å²) in [5.41, 5.74) is -0.177. The topological polar surface area (TPSA) is 53.1 Å². The van der Waals surface area contributed by atoms with Gasteiger partial charge in [-0.1, -0.05) is 19.9 Å². The first-order valence-corrected chi connectivity index (χ1v) is 4.58. The van der Waals surface area contributed by atoms with Crippen LogP contribution >= 0.6 is 0 Å². The predicted molar refractivity (Wildman–Crippen MR) is 57.6 cm³/mol. The van der Waals surface area contributed by atoms with Gasteiger partial charge in [0.15, 0.2) is 0 Å². The molecular formula is C11H13NO2. The third kappa shape index (κ3) is 1.76. The number of hydrogen-bond acceptors (Lipinski definition) is 2. The summed E-state index contributed by atoms with van der Waals surface area (Å²) in [5, 5.41) is 10.4. The number of aromatic hydroxyl groups is 1. The van der Waals surface area contributed by atoms with E-state index in [0.29, 0.717) is 10.8 Å². The molecule has 0 saturated carbocycles. The lowest BCUT2D eigenvalue weighted by atomic mass is 10.1. The Balaban J connectivity index is 0.000000461. The maximum atomic E-state index is 11.2. The zero-order valence-electron chi connectivity index (χ0n) is 8.24. The standard InChI is InChI=1S/C9H7NO2.C2H6/c11-8-3-1-2-7-6(8)4-5-10-9(7)12;1-2/h1-5,11H,(H,10,12);1-2H3. The molecule has 2 N–H and O–H groups in total. The maximum Gasteiger partial charge on any atom is 0.255 e. The second-order valence-electron chi connectivity index (χ2n) is 2.55. The molecule has 0 aliphatic carbocycles. The molecule has 0 aliphatic heterocycles. The fourth-order valence-electron chi connectivity index (χ4n) is 1.20. The molecular weight excluding hydrogens is 178 g/mol. The Morgan fingerprint density at radius 2 is 1.86 bits per heavy atom.